The summed E-state index contributed by atoms with van der Waals surface area (Å²) in [7, 11) is 0. The molecule has 9 heteroatoms. The molecule has 0 unspecified atom stereocenters. The highest BCUT2D eigenvalue weighted by molar-refractivity contribution is 6.30. The Kier molecular flexibility index (Phi) is 6.56. The average molecular weight is 582 g/mol. The summed E-state index contributed by atoms with van der Waals surface area (Å²) in [5.74, 6) is 1.41. The number of piperazine rings is 1. The Labute approximate surface area is 251 Å². The number of fused-ring (bicyclic) bond motifs is 1. The summed E-state index contributed by atoms with van der Waals surface area (Å²) in [6.07, 6.45) is 12.3. The van der Waals surface area contributed by atoms with Crippen LogP contribution in [0, 0.1) is 5.92 Å². The minimum absolute atomic E-state index is 0.00179. The number of hydrogen-bond donors (Lipinski definition) is 2. The van der Waals surface area contributed by atoms with E-state index in [-0.39, 0.29) is 17.7 Å². The number of aromatic nitrogens is 3. The van der Waals surface area contributed by atoms with E-state index in [0.717, 1.165) is 61.2 Å². The normalized spacial score (nSPS) is 22.4. The van der Waals surface area contributed by atoms with Crippen molar-refractivity contribution in [1.29, 1.82) is 0 Å². The maximum absolute atomic E-state index is 12.9. The summed E-state index contributed by atoms with van der Waals surface area (Å²) in [5.41, 5.74) is 6.75. The third-order valence-electron chi connectivity index (χ3n) is 9.26. The standard InChI is InChI=1S/C33H36ClN7O/c34-24-3-1-2-22(14-24)28-17-29(28)33(42)38-31-16-25(8-9-35-31)36-18-26-20-41-19-23(21-4-5-21)15-30(32(41)37-26)40-12-10-39(11-13-40)27-6-7-27/h1-3,8-9,14-16,19-21,27-29H,4-7,10-13,17-18H2,(H2,35,36,38,42)/t28-,29+/m1/s1. The Balaban J connectivity index is 0.939. The fourth-order valence-electron chi connectivity index (χ4n) is 6.49. The number of pyridine rings is 2. The first-order valence-corrected chi connectivity index (χ1v) is 15.7. The summed E-state index contributed by atoms with van der Waals surface area (Å²) >= 11 is 6.14. The van der Waals surface area contributed by atoms with E-state index in [9.17, 15) is 4.79 Å². The lowest BCUT2D eigenvalue weighted by Crippen LogP contribution is -2.47. The lowest BCUT2D eigenvalue weighted by Gasteiger charge is -2.36. The molecule has 4 fully saturated rings. The zero-order chi connectivity index (χ0) is 28.2. The SMILES string of the molecule is O=C(Nc1cc(NCc2cn3cc(C4CC4)cc(N4CCN(C5CC5)CC4)c3n2)ccn1)[C@H]1C[C@@H]1c1cccc(Cl)c1. The van der Waals surface area contributed by atoms with Gasteiger partial charge in [0.15, 0.2) is 5.65 Å². The van der Waals surface area contributed by atoms with Crippen LogP contribution in [-0.2, 0) is 11.3 Å². The molecule has 0 bridgehead atoms. The Morgan fingerprint density at radius 3 is 2.62 bits per heavy atom. The fourth-order valence-corrected chi connectivity index (χ4v) is 6.69. The van der Waals surface area contributed by atoms with E-state index in [1.807, 2.05) is 36.4 Å². The number of nitrogens with one attached hydrogen (secondary N) is 2. The molecule has 0 radical (unpaired) electrons. The van der Waals surface area contributed by atoms with Crippen LogP contribution in [0.3, 0.4) is 0 Å². The van der Waals surface area contributed by atoms with Gasteiger partial charge in [-0.2, -0.15) is 0 Å². The molecule has 8 rings (SSSR count). The van der Waals surface area contributed by atoms with Crippen molar-refractivity contribution >= 4 is 40.3 Å². The fraction of sp³-hybridized carbons (Fsp3) is 0.424. The van der Waals surface area contributed by atoms with Gasteiger partial charge in [0.1, 0.15) is 5.82 Å². The number of carbonyl (C=O) groups excluding carboxylic acids is 1. The predicted molar refractivity (Wildman–Crippen MR) is 166 cm³/mol. The van der Waals surface area contributed by atoms with Crippen LogP contribution in [0.2, 0.25) is 5.02 Å². The first-order valence-electron chi connectivity index (χ1n) is 15.3. The molecule has 216 valence electrons. The lowest BCUT2D eigenvalue weighted by molar-refractivity contribution is -0.117. The van der Waals surface area contributed by atoms with Crippen LogP contribution in [0.15, 0.2) is 61.1 Å². The molecule has 0 spiro atoms. The van der Waals surface area contributed by atoms with E-state index < -0.39 is 0 Å². The largest absolute Gasteiger partial charge is 0.379 e. The van der Waals surface area contributed by atoms with Crippen molar-refractivity contribution < 1.29 is 4.79 Å². The Hall–Kier alpha value is -3.62. The van der Waals surface area contributed by atoms with Crippen molar-refractivity contribution in [1.82, 2.24) is 19.3 Å². The highest BCUT2D eigenvalue weighted by Gasteiger charge is 2.44. The summed E-state index contributed by atoms with van der Waals surface area (Å²) in [4.78, 5) is 27.6. The highest BCUT2D eigenvalue weighted by atomic mass is 35.5. The summed E-state index contributed by atoms with van der Waals surface area (Å²) in [6, 6.07) is 14.8. The molecule has 8 nitrogen and oxygen atoms in total. The molecule has 2 N–H and O–H groups in total. The van der Waals surface area contributed by atoms with Crippen molar-refractivity contribution in [3.05, 3.63) is 82.9 Å². The van der Waals surface area contributed by atoms with Crippen LogP contribution in [0.5, 0.6) is 0 Å². The number of benzene rings is 1. The van der Waals surface area contributed by atoms with Gasteiger partial charge >= 0.3 is 0 Å². The van der Waals surface area contributed by atoms with E-state index in [4.69, 9.17) is 16.6 Å². The Bertz CT molecular complexity index is 1640. The number of imidazole rings is 1. The van der Waals surface area contributed by atoms with Gasteiger partial charge in [0.05, 0.1) is 17.9 Å². The predicted octanol–water partition coefficient (Wildman–Crippen LogP) is 5.90. The molecule has 4 heterocycles. The summed E-state index contributed by atoms with van der Waals surface area (Å²) in [6.45, 7) is 5.00. The average Bonchev–Trinajstić information content (AvgIpc) is 3.86. The van der Waals surface area contributed by atoms with Crippen molar-refractivity contribution in [3.63, 3.8) is 0 Å². The summed E-state index contributed by atoms with van der Waals surface area (Å²) < 4.78 is 2.23. The van der Waals surface area contributed by atoms with Gasteiger partial charge in [-0.05, 0) is 79.3 Å². The number of nitrogens with zero attached hydrogens (tertiary/aromatic N) is 5. The van der Waals surface area contributed by atoms with Gasteiger partial charge in [-0.3, -0.25) is 9.69 Å². The van der Waals surface area contributed by atoms with Crippen molar-refractivity contribution in [3.8, 4) is 0 Å². The molecular weight excluding hydrogens is 546 g/mol. The van der Waals surface area contributed by atoms with E-state index in [1.165, 1.54) is 36.9 Å². The zero-order valence-corrected chi connectivity index (χ0v) is 24.4. The Morgan fingerprint density at radius 2 is 1.83 bits per heavy atom. The van der Waals surface area contributed by atoms with Crippen LogP contribution in [0.25, 0.3) is 5.65 Å². The van der Waals surface area contributed by atoms with E-state index in [0.29, 0.717) is 23.3 Å². The molecule has 2 atom stereocenters. The second-order valence-corrected chi connectivity index (χ2v) is 12.9. The molecule has 1 amide bonds. The van der Waals surface area contributed by atoms with Crippen LogP contribution >= 0.6 is 11.6 Å². The highest BCUT2D eigenvalue weighted by Crippen LogP contribution is 2.48. The van der Waals surface area contributed by atoms with Gasteiger partial charge < -0.3 is 19.9 Å². The van der Waals surface area contributed by atoms with Crippen molar-refractivity contribution in [2.75, 3.05) is 41.7 Å². The molecular formula is C33H36ClN7O. The number of anilines is 3. The number of carbonyl (C=O) groups is 1. The van der Waals surface area contributed by atoms with E-state index in [2.05, 4.69) is 48.3 Å². The number of halogens is 1. The first-order chi connectivity index (χ1) is 20.6. The zero-order valence-electron chi connectivity index (χ0n) is 23.7. The first kappa shape index (κ1) is 26.0. The molecule has 4 aromatic rings. The maximum Gasteiger partial charge on any atom is 0.229 e. The number of hydrogen-bond acceptors (Lipinski definition) is 6. The van der Waals surface area contributed by atoms with Gasteiger partial charge in [-0.15, -0.1) is 0 Å². The van der Waals surface area contributed by atoms with Gasteiger partial charge in [0, 0.05) is 73.5 Å². The quantitative estimate of drug-likeness (QED) is 0.256. The van der Waals surface area contributed by atoms with Gasteiger partial charge in [0.25, 0.3) is 0 Å². The minimum Gasteiger partial charge on any atom is -0.379 e. The molecule has 4 aliphatic rings. The van der Waals surface area contributed by atoms with Crippen LogP contribution in [0.1, 0.15) is 60.8 Å². The lowest BCUT2D eigenvalue weighted by atomic mass is 10.1. The van der Waals surface area contributed by atoms with Gasteiger partial charge in [-0.1, -0.05) is 23.7 Å². The summed E-state index contributed by atoms with van der Waals surface area (Å²) in [5, 5.41) is 7.20. The van der Waals surface area contributed by atoms with E-state index >= 15 is 0 Å². The molecule has 3 saturated carbocycles. The number of amides is 1. The van der Waals surface area contributed by atoms with Crippen molar-refractivity contribution in [2.45, 2.75) is 56.5 Å². The van der Waals surface area contributed by atoms with Gasteiger partial charge in [0.2, 0.25) is 5.91 Å². The molecule has 3 aliphatic carbocycles. The van der Waals surface area contributed by atoms with Crippen LogP contribution in [-0.4, -0.2) is 57.4 Å². The second-order valence-electron chi connectivity index (χ2n) is 12.4. The molecule has 3 aromatic heterocycles. The topological polar surface area (TPSA) is 77.8 Å². The molecule has 1 aromatic carbocycles. The molecule has 42 heavy (non-hydrogen) atoms. The van der Waals surface area contributed by atoms with Gasteiger partial charge in [-0.25, -0.2) is 9.97 Å². The third kappa shape index (κ3) is 5.45. The number of rotatable bonds is 9. The second kappa shape index (κ2) is 10.6. The monoisotopic (exact) mass is 581 g/mol. The van der Waals surface area contributed by atoms with Crippen LogP contribution in [0.4, 0.5) is 17.2 Å². The third-order valence-corrected chi connectivity index (χ3v) is 9.49. The molecule has 1 aliphatic heterocycles. The maximum atomic E-state index is 12.9. The molecule has 1 saturated heterocycles. The van der Waals surface area contributed by atoms with Crippen LogP contribution < -0.4 is 15.5 Å². The smallest absolute Gasteiger partial charge is 0.229 e. The van der Waals surface area contributed by atoms with E-state index in [1.54, 1.807) is 6.20 Å². The minimum atomic E-state index is -0.0498. The van der Waals surface area contributed by atoms with Crippen molar-refractivity contribution in [2.24, 2.45) is 5.92 Å². The Morgan fingerprint density at radius 1 is 0.976 bits per heavy atom.